The number of urea groups is 1. The number of anilines is 1. The van der Waals surface area contributed by atoms with Crippen LogP contribution in [0, 0.1) is 0 Å². The van der Waals surface area contributed by atoms with Crippen LogP contribution >= 0.6 is 11.3 Å². The number of hydrogen-bond acceptors (Lipinski definition) is 5. The summed E-state index contributed by atoms with van der Waals surface area (Å²) in [5.74, 6) is -0.383. The minimum absolute atomic E-state index is 0.0200. The first kappa shape index (κ1) is 16.8. The molecule has 3 heterocycles. The number of aromatic nitrogens is 2. The molecule has 0 radical (unpaired) electrons. The van der Waals surface area contributed by atoms with Crippen molar-refractivity contribution in [2.45, 2.75) is 38.8 Å². The van der Waals surface area contributed by atoms with E-state index < -0.39 is 0 Å². The quantitative estimate of drug-likeness (QED) is 0.758. The Morgan fingerprint density at radius 1 is 1.42 bits per heavy atom. The average Bonchev–Trinajstić information content (AvgIpc) is 3.28. The van der Waals surface area contributed by atoms with Crippen LogP contribution in [0.2, 0.25) is 0 Å². The maximum Gasteiger partial charge on any atom is 0.419 e. The van der Waals surface area contributed by atoms with E-state index >= 15 is 0 Å². The van der Waals surface area contributed by atoms with Gasteiger partial charge in [0.25, 0.3) is 0 Å². The van der Waals surface area contributed by atoms with Gasteiger partial charge in [-0.25, -0.2) is 14.6 Å². The molecule has 1 aliphatic heterocycles. The van der Waals surface area contributed by atoms with Crippen molar-refractivity contribution in [2.75, 3.05) is 11.9 Å². The van der Waals surface area contributed by atoms with Crippen LogP contribution < -0.4 is 11.1 Å². The van der Waals surface area contributed by atoms with Crippen molar-refractivity contribution in [2.24, 2.45) is 0 Å². The summed E-state index contributed by atoms with van der Waals surface area (Å²) in [6.07, 6.45) is 4.78. The van der Waals surface area contributed by atoms with E-state index in [4.69, 9.17) is 4.42 Å². The molecule has 0 bridgehead atoms. The molecule has 0 aliphatic carbocycles. The lowest BCUT2D eigenvalue weighted by atomic mass is 10.0. The third-order valence-electron chi connectivity index (χ3n) is 4.74. The lowest BCUT2D eigenvalue weighted by Crippen LogP contribution is -2.41. The first-order chi connectivity index (χ1) is 12.7. The van der Waals surface area contributed by atoms with Crippen LogP contribution in [0.1, 0.15) is 37.2 Å². The van der Waals surface area contributed by atoms with Crippen molar-refractivity contribution >= 4 is 34.2 Å². The fourth-order valence-corrected chi connectivity index (χ4v) is 4.25. The minimum atomic E-state index is -0.383. The monoisotopic (exact) mass is 372 g/mol. The summed E-state index contributed by atoms with van der Waals surface area (Å²) >= 11 is 1.58. The molecule has 1 atom stereocenters. The van der Waals surface area contributed by atoms with Crippen molar-refractivity contribution in [3.63, 3.8) is 0 Å². The summed E-state index contributed by atoms with van der Waals surface area (Å²) in [5.41, 5.74) is 1.82. The molecule has 1 aliphatic rings. The second-order valence-corrected chi connectivity index (χ2v) is 7.23. The van der Waals surface area contributed by atoms with Crippen LogP contribution in [0.15, 0.2) is 39.0 Å². The number of oxazole rings is 1. The van der Waals surface area contributed by atoms with E-state index in [-0.39, 0.29) is 17.8 Å². The molecule has 1 unspecified atom stereocenters. The van der Waals surface area contributed by atoms with Gasteiger partial charge in [0, 0.05) is 36.4 Å². The third kappa shape index (κ3) is 3.01. The summed E-state index contributed by atoms with van der Waals surface area (Å²) < 4.78 is 6.83. The highest BCUT2D eigenvalue weighted by molar-refractivity contribution is 7.09. The molecule has 136 valence electrons. The molecule has 1 N–H and O–H groups in total. The Kier molecular flexibility index (Phi) is 4.50. The number of carbonyl (C=O) groups is 1. The smallest absolute Gasteiger partial charge is 0.408 e. The van der Waals surface area contributed by atoms with Gasteiger partial charge in [-0.2, -0.15) is 0 Å². The van der Waals surface area contributed by atoms with E-state index in [1.54, 1.807) is 40.3 Å². The van der Waals surface area contributed by atoms with Crippen LogP contribution in [0.25, 0.3) is 11.1 Å². The van der Waals surface area contributed by atoms with E-state index in [2.05, 4.69) is 10.3 Å². The maximum absolute atomic E-state index is 12.8. The predicted molar refractivity (Wildman–Crippen MR) is 101 cm³/mol. The number of piperidine rings is 1. The highest BCUT2D eigenvalue weighted by atomic mass is 32.1. The Morgan fingerprint density at radius 2 is 2.31 bits per heavy atom. The third-order valence-corrected chi connectivity index (χ3v) is 5.61. The number of aryl methyl sites for hydroxylation is 1. The Bertz CT molecular complexity index is 976. The fraction of sp³-hybridized carbons (Fsp3) is 0.389. The predicted octanol–water partition coefficient (Wildman–Crippen LogP) is 3.83. The number of thiazole rings is 1. The van der Waals surface area contributed by atoms with Gasteiger partial charge in [0.05, 0.1) is 11.6 Å². The molecule has 1 aromatic carbocycles. The van der Waals surface area contributed by atoms with Crippen LogP contribution in [-0.4, -0.2) is 27.0 Å². The van der Waals surface area contributed by atoms with E-state index in [1.165, 1.54) is 0 Å². The fourth-order valence-electron chi connectivity index (χ4n) is 3.47. The lowest BCUT2D eigenvalue weighted by molar-refractivity contribution is 0.163. The van der Waals surface area contributed by atoms with Crippen LogP contribution in [0.4, 0.5) is 10.5 Å². The Morgan fingerprint density at radius 3 is 3.08 bits per heavy atom. The Balaban J connectivity index is 1.57. The highest BCUT2D eigenvalue weighted by Crippen LogP contribution is 2.32. The van der Waals surface area contributed by atoms with Crippen molar-refractivity contribution in [3.05, 3.63) is 45.3 Å². The first-order valence-corrected chi connectivity index (χ1v) is 9.65. The zero-order chi connectivity index (χ0) is 18.1. The molecule has 8 heteroatoms. The molecule has 7 nitrogen and oxygen atoms in total. The van der Waals surface area contributed by atoms with Crippen molar-refractivity contribution < 1.29 is 9.21 Å². The highest BCUT2D eigenvalue weighted by Gasteiger charge is 2.29. The second-order valence-electron chi connectivity index (χ2n) is 6.30. The summed E-state index contributed by atoms with van der Waals surface area (Å²) in [5, 5.41) is 5.85. The number of nitrogens with zero attached hydrogens (tertiary/aromatic N) is 3. The van der Waals surface area contributed by atoms with Crippen LogP contribution in [0.3, 0.4) is 0 Å². The number of amides is 2. The zero-order valence-corrected chi connectivity index (χ0v) is 15.3. The number of nitrogens with one attached hydrogen (secondary N) is 1. The topological polar surface area (TPSA) is 80.4 Å². The van der Waals surface area contributed by atoms with Crippen molar-refractivity contribution in [3.8, 4) is 0 Å². The molecular formula is C18H20N4O3S. The standard InChI is InChI=1S/C18H20N4O3S/c1-2-21-13-7-6-12(11-15(13)25-18(21)24)20-17(23)22-9-4-3-5-14(22)16-19-8-10-26-16/h6-8,10-11,14H,2-5,9H2,1H3,(H,20,23). The maximum atomic E-state index is 12.8. The van der Waals surface area contributed by atoms with Gasteiger partial charge in [-0.15, -0.1) is 11.3 Å². The molecule has 0 saturated carbocycles. The molecule has 1 saturated heterocycles. The number of rotatable bonds is 3. The van der Waals surface area contributed by atoms with E-state index in [0.29, 0.717) is 24.4 Å². The number of benzene rings is 1. The number of hydrogen-bond donors (Lipinski definition) is 1. The largest absolute Gasteiger partial charge is 0.419 e. The second kappa shape index (κ2) is 6.95. The van der Waals surface area contributed by atoms with Crippen molar-refractivity contribution in [1.82, 2.24) is 14.5 Å². The molecule has 26 heavy (non-hydrogen) atoms. The van der Waals surface area contributed by atoms with Gasteiger partial charge in [-0.1, -0.05) is 0 Å². The van der Waals surface area contributed by atoms with Gasteiger partial charge in [-0.3, -0.25) is 4.57 Å². The van der Waals surface area contributed by atoms with Crippen molar-refractivity contribution in [1.29, 1.82) is 0 Å². The van der Waals surface area contributed by atoms with E-state index in [9.17, 15) is 9.59 Å². The molecular weight excluding hydrogens is 352 g/mol. The lowest BCUT2D eigenvalue weighted by Gasteiger charge is -2.34. The Hall–Kier alpha value is -2.61. The van der Waals surface area contributed by atoms with E-state index in [0.717, 1.165) is 29.8 Å². The molecule has 2 amide bonds. The summed E-state index contributed by atoms with van der Waals surface area (Å²) in [4.78, 5) is 30.9. The SMILES string of the molecule is CCn1c(=O)oc2cc(NC(=O)N3CCCCC3c3nccs3)ccc21. The molecule has 0 spiro atoms. The van der Waals surface area contributed by atoms with Gasteiger partial charge in [0.1, 0.15) is 5.01 Å². The number of carbonyl (C=O) groups excluding carboxylic acids is 1. The summed E-state index contributed by atoms with van der Waals surface area (Å²) in [6, 6.07) is 5.16. The minimum Gasteiger partial charge on any atom is -0.408 e. The van der Waals surface area contributed by atoms with Crippen LogP contribution in [-0.2, 0) is 6.54 Å². The Labute approximate surface area is 154 Å². The summed E-state index contributed by atoms with van der Waals surface area (Å²) in [7, 11) is 0. The van der Waals surface area contributed by atoms with Gasteiger partial charge in [0.15, 0.2) is 5.58 Å². The zero-order valence-electron chi connectivity index (χ0n) is 14.5. The van der Waals surface area contributed by atoms with Gasteiger partial charge < -0.3 is 14.6 Å². The van der Waals surface area contributed by atoms with Gasteiger partial charge in [-0.05, 0) is 38.3 Å². The number of likely N-dealkylation sites (tertiary alicyclic amines) is 1. The average molecular weight is 372 g/mol. The molecule has 1 fully saturated rings. The normalized spacial score (nSPS) is 17.6. The van der Waals surface area contributed by atoms with Crippen LogP contribution in [0.5, 0.6) is 0 Å². The first-order valence-electron chi connectivity index (χ1n) is 8.78. The molecule has 2 aromatic heterocycles. The molecule has 4 rings (SSSR count). The summed E-state index contributed by atoms with van der Waals surface area (Å²) in [6.45, 7) is 3.14. The number of fused-ring (bicyclic) bond motifs is 1. The van der Waals surface area contributed by atoms with Gasteiger partial charge >= 0.3 is 11.8 Å². The molecule has 3 aromatic rings. The van der Waals surface area contributed by atoms with E-state index in [1.807, 2.05) is 17.2 Å². The van der Waals surface area contributed by atoms with Gasteiger partial charge in [0.2, 0.25) is 0 Å².